The van der Waals surface area contributed by atoms with Crippen LogP contribution in [0.1, 0.15) is 17.7 Å². The number of barbiturate groups is 1. The van der Waals surface area contributed by atoms with Crippen LogP contribution in [0.25, 0.3) is 17.0 Å². The molecule has 1 saturated heterocycles. The summed E-state index contributed by atoms with van der Waals surface area (Å²) in [6, 6.07) is 17.7. The van der Waals surface area contributed by atoms with Crippen molar-refractivity contribution in [2.45, 2.75) is 19.5 Å². The minimum Gasteiger partial charge on any atom is -0.497 e. The van der Waals surface area contributed by atoms with Crippen LogP contribution in [0.15, 0.2) is 83.1 Å². The van der Waals surface area contributed by atoms with Crippen LogP contribution in [0.4, 0.5) is 4.79 Å². The number of carbonyl (C=O) groups excluding carboxylic acids is 3. The number of imide groups is 2. The van der Waals surface area contributed by atoms with E-state index in [0.29, 0.717) is 24.5 Å². The van der Waals surface area contributed by atoms with E-state index in [2.05, 4.69) is 9.88 Å². The number of hydrogen-bond acceptors (Lipinski definition) is 6. The van der Waals surface area contributed by atoms with Gasteiger partial charge in [-0.25, -0.2) is 4.79 Å². The number of carbonyl (C=O) groups is 3. The Balaban J connectivity index is 1.35. The van der Waals surface area contributed by atoms with Crippen LogP contribution in [0.5, 0.6) is 11.5 Å². The molecule has 37 heavy (non-hydrogen) atoms. The van der Waals surface area contributed by atoms with Gasteiger partial charge in [-0.15, -0.1) is 0 Å². The van der Waals surface area contributed by atoms with Crippen LogP contribution >= 0.6 is 0 Å². The van der Waals surface area contributed by atoms with Gasteiger partial charge in [0.2, 0.25) is 0 Å². The molecule has 1 aliphatic heterocycles. The van der Waals surface area contributed by atoms with Gasteiger partial charge in [-0.1, -0.05) is 24.3 Å². The summed E-state index contributed by atoms with van der Waals surface area (Å²) in [5.41, 5.74) is 1.55. The fourth-order valence-electron chi connectivity index (χ4n) is 4.24. The Kier molecular flexibility index (Phi) is 6.76. The van der Waals surface area contributed by atoms with Gasteiger partial charge in [0.1, 0.15) is 22.8 Å². The first-order chi connectivity index (χ1) is 18.0. The largest absolute Gasteiger partial charge is 0.497 e. The molecule has 2 aromatic heterocycles. The SMILES string of the molecule is COc1cccc(OCCCn2cc(/C=C3\C(=O)NC(=O)N(Cc4ccco4)C3=O)c3ccccc32)c1. The number of urea groups is 1. The van der Waals surface area contributed by atoms with Crippen molar-refractivity contribution in [3.05, 3.63) is 90.0 Å². The molecule has 0 unspecified atom stereocenters. The van der Waals surface area contributed by atoms with Gasteiger partial charge < -0.3 is 18.5 Å². The summed E-state index contributed by atoms with van der Waals surface area (Å²) >= 11 is 0. The molecule has 3 heterocycles. The van der Waals surface area contributed by atoms with E-state index in [1.807, 2.05) is 54.7 Å². The topological polar surface area (TPSA) is 103 Å². The molecule has 5 rings (SSSR count). The van der Waals surface area contributed by atoms with E-state index < -0.39 is 17.8 Å². The zero-order valence-electron chi connectivity index (χ0n) is 20.2. The predicted molar refractivity (Wildman–Crippen MR) is 136 cm³/mol. The Bertz CT molecular complexity index is 1480. The molecule has 9 nitrogen and oxygen atoms in total. The summed E-state index contributed by atoms with van der Waals surface area (Å²) in [4.78, 5) is 39.0. The van der Waals surface area contributed by atoms with Gasteiger partial charge in [-0.3, -0.25) is 19.8 Å². The lowest BCUT2D eigenvalue weighted by molar-refractivity contribution is -0.130. The van der Waals surface area contributed by atoms with Crippen LogP contribution in [-0.4, -0.2) is 41.0 Å². The molecular formula is C28H25N3O6. The number of hydrogen-bond donors (Lipinski definition) is 1. The van der Waals surface area contributed by atoms with E-state index in [0.717, 1.165) is 33.7 Å². The fourth-order valence-corrected chi connectivity index (χ4v) is 4.24. The van der Waals surface area contributed by atoms with Crippen molar-refractivity contribution in [2.24, 2.45) is 0 Å². The second-order valence-electron chi connectivity index (χ2n) is 8.46. The lowest BCUT2D eigenvalue weighted by atomic mass is 10.1. The molecule has 4 aromatic rings. The highest BCUT2D eigenvalue weighted by Crippen LogP contribution is 2.26. The first-order valence-electron chi connectivity index (χ1n) is 11.8. The monoisotopic (exact) mass is 499 g/mol. The van der Waals surface area contributed by atoms with Gasteiger partial charge >= 0.3 is 6.03 Å². The third-order valence-corrected chi connectivity index (χ3v) is 6.05. The Morgan fingerprint density at radius 3 is 2.65 bits per heavy atom. The fraction of sp³-hybridized carbons (Fsp3) is 0.179. The molecule has 0 spiro atoms. The summed E-state index contributed by atoms with van der Waals surface area (Å²) in [5.74, 6) is 0.503. The highest BCUT2D eigenvalue weighted by molar-refractivity contribution is 6.31. The van der Waals surface area contributed by atoms with Crippen LogP contribution in [0.2, 0.25) is 0 Å². The Morgan fingerprint density at radius 1 is 1.00 bits per heavy atom. The zero-order valence-corrected chi connectivity index (χ0v) is 20.2. The van der Waals surface area contributed by atoms with E-state index in [1.165, 1.54) is 12.3 Å². The number of ether oxygens (including phenoxy) is 2. The Morgan fingerprint density at radius 2 is 1.84 bits per heavy atom. The number of benzene rings is 2. The van der Waals surface area contributed by atoms with Gasteiger partial charge in [0.15, 0.2) is 0 Å². The quantitative estimate of drug-likeness (QED) is 0.208. The third-order valence-electron chi connectivity index (χ3n) is 6.05. The van der Waals surface area contributed by atoms with E-state index in [1.54, 1.807) is 19.2 Å². The minimum atomic E-state index is -0.776. The summed E-state index contributed by atoms with van der Waals surface area (Å²) in [7, 11) is 1.61. The Hall–Kier alpha value is -4.79. The molecule has 9 heteroatoms. The zero-order chi connectivity index (χ0) is 25.8. The molecule has 1 fully saturated rings. The van der Waals surface area contributed by atoms with E-state index in [9.17, 15) is 14.4 Å². The number of nitrogens with one attached hydrogen (secondary N) is 1. The summed E-state index contributed by atoms with van der Waals surface area (Å²) in [6.45, 7) is 1.09. The number of fused-ring (bicyclic) bond motifs is 1. The first kappa shape index (κ1) is 23.9. The van der Waals surface area contributed by atoms with Crippen LogP contribution in [-0.2, 0) is 22.7 Å². The van der Waals surface area contributed by atoms with Gasteiger partial charge in [-0.2, -0.15) is 0 Å². The number of rotatable bonds is 9. The average Bonchev–Trinajstić information content (AvgIpc) is 3.55. The normalized spacial score (nSPS) is 14.9. The smallest absolute Gasteiger partial charge is 0.331 e. The van der Waals surface area contributed by atoms with E-state index >= 15 is 0 Å². The van der Waals surface area contributed by atoms with Crippen molar-refractivity contribution in [1.29, 1.82) is 0 Å². The van der Waals surface area contributed by atoms with Gasteiger partial charge in [0.05, 0.1) is 26.5 Å². The molecule has 2 aromatic carbocycles. The predicted octanol–water partition coefficient (Wildman–Crippen LogP) is 4.37. The molecular weight excluding hydrogens is 474 g/mol. The average molecular weight is 500 g/mol. The van der Waals surface area contributed by atoms with Crippen molar-refractivity contribution in [3.63, 3.8) is 0 Å². The molecule has 1 aliphatic rings. The van der Waals surface area contributed by atoms with E-state index in [4.69, 9.17) is 13.9 Å². The molecule has 0 bridgehead atoms. The lowest BCUT2D eigenvalue weighted by Crippen LogP contribution is -2.53. The second kappa shape index (κ2) is 10.4. The minimum absolute atomic E-state index is 0.0721. The molecule has 1 N–H and O–H groups in total. The Labute approximate surface area is 212 Å². The summed E-state index contributed by atoms with van der Waals surface area (Å²) < 4.78 is 18.4. The lowest BCUT2D eigenvalue weighted by Gasteiger charge is -2.25. The number of aryl methyl sites for hydroxylation is 1. The van der Waals surface area contributed by atoms with Gasteiger partial charge in [-0.05, 0) is 42.8 Å². The molecule has 0 aliphatic carbocycles. The summed E-state index contributed by atoms with van der Waals surface area (Å²) in [5, 5.41) is 3.14. The maximum Gasteiger partial charge on any atom is 0.331 e. The molecule has 0 radical (unpaired) electrons. The number of nitrogens with zero attached hydrogens (tertiary/aromatic N) is 2. The van der Waals surface area contributed by atoms with Crippen LogP contribution in [0.3, 0.4) is 0 Å². The van der Waals surface area contributed by atoms with Crippen molar-refractivity contribution in [2.75, 3.05) is 13.7 Å². The van der Waals surface area contributed by atoms with Crippen molar-refractivity contribution in [1.82, 2.24) is 14.8 Å². The number of para-hydroxylation sites is 1. The van der Waals surface area contributed by atoms with Crippen molar-refractivity contribution >= 4 is 34.8 Å². The molecule has 0 atom stereocenters. The second-order valence-corrected chi connectivity index (χ2v) is 8.46. The van der Waals surface area contributed by atoms with Crippen molar-refractivity contribution in [3.8, 4) is 11.5 Å². The third kappa shape index (κ3) is 5.11. The highest BCUT2D eigenvalue weighted by atomic mass is 16.5. The number of amides is 4. The van der Waals surface area contributed by atoms with Crippen molar-refractivity contribution < 1.29 is 28.3 Å². The van der Waals surface area contributed by atoms with Gasteiger partial charge in [0, 0.05) is 35.3 Å². The first-order valence-corrected chi connectivity index (χ1v) is 11.8. The maximum absolute atomic E-state index is 13.1. The van der Waals surface area contributed by atoms with Crippen LogP contribution < -0.4 is 14.8 Å². The summed E-state index contributed by atoms with van der Waals surface area (Å²) in [6.07, 6.45) is 5.62. The number of aromatic nitrogens is 1. The van der Waals surface area contributed by atoms with Crippen LogP contribution in [0, 0.1) is 0 Å². The molecule has 4 amide bonds. The maximum atomic E-state index is 13.1. The van der Waals surface area contributed by atoms with E-state index in [-0.39, 0.29) is 12.1 Å². The number of furan rings is 1. The number of methoxy groups -OCH3 is 1. The molecule has 188 valence electrons. The standard InChI is InChI=1S/C28H25N3O6/c1-35-20-7-4-8-21(16-20)36-14-6-12-30-17-19(23-10-2-3-11-25(23)30)15-24-26(32)29-28(34)31(27(24)33)18-22-9-5-13-37-22/h2-5,7-11,13,15-17H,6,12,14,18H2,1H3,(H,29,32,34)/b24-15+. The van der Waals surface area contributed by atoms with Gasteiger partial charge in [0.25, 0.3) is 11.8 Å². The molecule has 0 saturated carbocycles. The highest BCUT2D eigenvalue weighted by Gasteiger charge is 2.36.